The number of carbonyl (C=O) groups is 2. The van der Waals surface area contributed by atoms with E-state index in [1.807, 2.05) is 0 Å². The van der Waals surface area contributed by atoms with Gasteiger partial charge in [0.2, 0.25) is 0 Å². The van der Waals surface area contributed by atoms with Crippen LogP contribution in [0.2, 0.25) is 0 Å². The number of amidine groups is 1. The van der Waals surface area contributed by atoms with Crippen molar-refractivity contribution in [3.63, 3.8) is 0 Å². The molecule has 11 nitrogen and oxygen atoms in total. The Kier molecular flexibility index (Phi) is 7.01. The molecule has 0 aromatic heterocycles. The van der Waals surface area contributed by atoms with Gasteiger partial charge in [0, 0.05) is 17.7 Å². The number of nitro benzene ring substituents is 1. The van der Waals surface area contributed by atoms with Crippen LogP contribution < -0.4 is 0 Å². The summed E-state index contributed by atoms with van der Waals surface area (Å²) in [6.07, 6.45) is 2.69. The van der Waals surface area contributed by atoms with Gasteiger partial charge in [0.15, 0.2) is 5.54 Å². The largest absolute Gasteiger partial charge is 0.458 e. The molecule has 0 bridgehead atoms. The first-order chi connectivity index (χ1) is 16.6. The molecule has 2 aliphatic heterocycles. The molecule has 1 fully saturated rings. The van der Waals surface area contributed by atoms with Gasteiger partial charge in [-0.2, -0.15) is 0 Å². The zero-order valence-corrected chi connectivity index (χ0v) is 20.9. The van der Waals surface area contributed by atoms with Gasteiger partial charge in [0.05, 0.1) is 24.1 Å². The molecule has 0 unspecified atom stereocenters. The number of benzene rings is 1. The Hall–Kier alpha value is -3.72. The highest BCUT2D eigenvalue weighted by Gasteiger charge is 2.55. The van der Waals surface area contributed by atoms with Crippen LogP contribution in [0.25, 0.3) is 0 Å². The van der Waals surface area contributed by atoms with Crippen LogP contribution >= 0.6 is 0 Å². The third-order valence-electron chi connectivity index (χ3n) is 5.23. The lowest BCUT2D eigenvalue weighted by molar-refractivity contribution is -0.385. The van der Waals surface area contributed by atoms with Crippen molar-refractivity contribution >= 4 is 23.9 Å². The Labute approximate surface area is 207 Å². The van der Waals surface area contributed by atoms with E-state index in [1.165, 1.54) is 0 Å². The maximum Gasteiger partial charge on any atom is 0.428 e. The lowest BCUT2D eigenvalue weighted by Crippen LogP contribution is -2.54. The van der Waals surface area contributed by atoms with Gasteiger partial charge in [0.25, 0.3) is 5.69 Å². The first kappa shape index (κ1) is 26.9. The summed E-state index contributed by atoms with van der Waals surface area (Å²) < 4.78 is 37.2. The van der Waals surface area contributed by atoms with E-state index in [0.717, 1.165) is 18.2 Å². The van der Waals surface area contributed by atoms with Gasteiger partial charge in [-0.15, -0.1) is 11.3 Å². The summed E-state index contributed by atoms with van der Waals surface area (Å²) in [7, 11) is 0. The number of ether oxygens (including phenoxy) is 4. The molecule has 2 heterocycles. The van der Waals surface area contributed by atoms with Crippen LogP contribution in [0.5, 0.6) is 0 Å². The third-order valence-corrected chi connectivity index (χ3v) is 5.23. The minimum absolute atomic E-state index is 0.00729. The molecule has 2 aliphatic rings. The normalized spacial score (nSPS) is 23.4. The van der Waals surface area contributed by atoms with Crippen LogP contribution in [0.4, 0.5) is 19.7 Å². The number of aliphatic imine (C=N–C) groups is 1. The van der Waals surface area contributed by atoms with Gasteiger partial charge in [-0.25, -0.2) is 19.0 Å². The smallest absolute Gasteiger partial charge is 0.428 e. The predicted molar refractivity (Wildman–Crippen MR) is 124 cm³/mol. The number of halogens is 1. The Morgan fingerprint density at radius 2 is 1.78 bits per heavy atom. The summed E-state index contributed by atoms with van der Waals surface area (Å²) in [5, 5.41) is 11.4. The van der Waals surface area contributed by atoms with Gasteiger partial charge in [-0.3, -0.25) is 10.1 Å². The van der Waals surface area contributed by atoms with E-state index < -0.39 is 63.4 Å². The zero-order chi connectivity index (χ0) is 27.1. The Morgan fingerprint density at radius 3 is 2.28 bits per heavy atom. The second-order valence-electron chi connectivity index (χ2n) is 10.3. The van der Waals surface area contributed by atoms with E-state index in [4.69, 9.17) is 25.4 Å². The summed E-state index contributed by atoms with van der Waals surface area (Å²) in [6.45, 7) is 9.52. The number of rotatable bonds is 2. The second kappa shape index (κ2) is 9.39. The van der Waals surface area contributed by atoms with Gasteiger partial charge >= 0.3 is 18.2 Å². The lowest BCUT2D eigenvalue weighted by atomic mass is 9.76. The molecule has 36 heavy (non-hydrogen) atoms. The molecule has 3 atom stereocenters. The number of nitro groups is 1. The molecule has 1 aromatic rings. The number of hydrogen-bond donors (Lipinski definition) is 0. The molecule has 2 amide bonds. The number of nitrogens with zero attached hydrogens (tertiary/aromatic N) is 3. The maximum absolute atomic E-state index is 15.1. The Morgan fingerprint density at radius 1 is 1.19 bits per heavy atom. The van der Waals surface area contributed by atoms with Crippen LogP contribution in [-0.2, 0) is 24.5 Å². The highest BCUT2D eigenvalue weighted by molar-refractivity contribution is 6.06. The van der Waals surface area contributed by atoms with Crippen LogP contribution in [0.3, 0.4) is 0 Å². The van der Waals surface area contributed by atoms with Gasteiger partial charge in [0.1, 0.15) is 23.1 Å². The minimum atomic E-state index is -1.91. The van der Waals surface area contributed by atoms with Crippen LogP contribution in [0.1, 0.15) is 47.1 Å². The summed E-state index contributed by atoms with van der Waals surface area (Å²) in [5.74, 6) is 0.789. The van der Waals surface area contributed by atoms with Crippen molar-refractivity contribution in [3.8, 4) is 12.3 Å². The lowest BCUT2D eigenvalue weighted by Gasteiger charge is -2.40. The molecule has 0 radical (unpaired) electrons. The molecular weight excluding hydrogens is 477 g/mol. The second-order valence-corrected chi connectivity index (χ2v) is 10.3. The number of hydrogen-bond acceptors (Lipinski definition) is 9. The van der Waals surface area contributed by atoms with Crippen molar-refractivity contribution in [1.82, 2.24) is 4.90 Å². The maximum atomic E-state index is 15.1. The highest BCUT2D eigenvalue weighted by Crippen LogP contribution is 2.45. The van der Waals surface area contributed by atoms with Crippen molar-refractivity contribution in [2.75, 3.05) is 13.2 Å². The van der Waals surface area contributed by atoms with E-state index in [2.05, 4.69) is 10.9 Å². The SMILES string of the molecule is C#C[C@]1(c2cc([N+](=O)[O-])ccc2F)N=C(N(C(=O)OC(C)(C)C)C(=O)OC(C)(C)C)O[C@@H]2COC[C@@H]21. The fourth-order valence-corrected chi connectivity index (χ4v) is 3.78. The Bertz CT molecular complexity index is 1120. The van der Waals surface area contributed by atoms with E-state index in [1.54, 1.807) is 41.5 Å². The molecule has 12 heteroatoms. The van der Waals surface area contributed by atoms with Crippen LogP contribution in [0.15, 0.2) is 23.2 Å². The average molecular weight is 505 g/mol. The quantitative estimate of drug-likeness (QED) is 0.333. The third kappa shape index (κ3) is 5.41. The van der Waals surface area contributed by atoms with Gasteiger partial charge < -0.3 is 18.9 Å². The fraction of sp³-hybridized carbons (Fsp3) is 0.542. The fourth-order valence-electron chi connectivity index (χ4n) is 3.78. The van der Waals surface area contributed by atoms with E-state index in [-0.39, 0.29) is 18.8 Å². The molecule has 1 aromatic carbocycles. The molecule has 0 N–H and O–H groups in total. The zero-order valence-electron chi connectivity index (χ0n) is 20.9. The van der Waals surface area contributed by atoms with Gasteiger partial charge in [-0.1, -0.05) is 5.92 Å². The number of imide groups is 1. The monoisotopic (exact) mass is 505 g/mol. The number of fused-ring (bicyclic) bond motifs is 1. The summed E-state index contributed by atoms with van der Waals surface area (Å²) in [5.41, 5.74) is -4.65. The standard InChI is InChI=1S/C24H28FN3O8/c1-8-24(15-11-14(28(31)32)9-10-17(15)25)16-12-33-13-18(16)34-19(26-24)27(20(29)35-22(2,3)4)21(30)36-23(5,6)7/h1,9-11,16,18H,12-13H2,2-7H3/t16-,18+,24+/m0/s1. The van der Waals surface area contributed by atoms with Crippen molar-refractivity contribution in [2.45, 2.75) is 64.4 Å². The number of terminal acetylenes is 1. The van der Waals surface area contributed by atoms with Crippen LogP contribution in [-0.4, -0.2) is 58.6 Å². The summed E-state index contributed by atoms with van der Waals surface area (Å²) >= 11 is 0. The van der Waals surface area contributed by atoms with Crippen molar-refractivity contribution in [1.29, 1.82) is 0 Å². The first-order valence-electron chi connectivity index (χ1n) is 11.1. The summed E-state index contributed by atoms with van der Waals surface area (Å²) in [6, 6.07) is 2.27. The molecule has 3 rings (SSSR count). The molecular formula is C24H28FN3O8. The molecule has 0 spiro atoms. The predicted octanol–water partition coefficient (Wildman–Crippen LogP) is 4.14. The van der Waals surface area contributed by atoms with E-state index >= 15 is 4.39 Å². The van der Waals surface area contributed by atoms with E-state index in [9.17, 15) is 19.7 Å². The number of amides is 2. The molecule has 1 saturated heterocycles. The van der Waals surface area contributed by atoms with Gasteiger partial charge in [-0.05, 0) is 47.6 Å². The molecule has 0 aliphatic carbocycles. The molecule has 0 saturated carbocycles. The number of carbonyl (C=O) groups excluding carboxylic acids is 2. The number of non-ortho nitro benzene ring substituents is 1. The van der Waals surface area contributed by atoms with E-state index in [0.29, 0.717) is 4.90 Å². The average Bonchev–Trinajstić information content (AvgIpc) is 3.20. The topological polar surface area (TPSA) is 130 Å². The first-order valence-corrected chi connectivity index (χ1v) is 11.1. The molecule has 194 valence electrons. The van der Waals surface area contributed by atoms with Crippen LogP contribution in [0, 0.1) is 34.2 Å². The highest BCUT2D eigenvalue weighted by atomic mass is 19.1. The Balaban J connectivity index is 2.23. The minimum Gasteiger partial charge on any atom is -0.458 e. The van der Waals surface area contributed by atoms with Crippen molar-refractivity contribution in [3.05, 3.63) is 39.7 Å². The summed E-state index contributed by atoms with van der Waals surface area (Å²) in [4.78, 5) is 41.7. The van der Waals surface area contributed by atoms with Crippen molar-refractivity contribution in [2.24, 2.45) is 10.9 Å². The van der Waals surface area contributed by atoms with Crippen molar-refractivity contribution < 1.29 is 37.9 Å².